The Morgan fingerprint density at radius 3 is 2.63 bits per heavy atom. The Labute approximate surface area is 124 Å². The summed E-state index contributed by atoms with van der Waals surface area (Å²) < 4.78 is 0.742. The molecule has 1 amide bonds. The van der Waals surface area contributed by atoms with Crippen LogP contribution >= 0.6 is 27.5 Å². The second-order valence-corrected chi connectivity index (χ2v) is 5.35. The smallest absolute Gasteiger partial charge is 0.255 e. The van der Waals surface area contributed by atoms with Crippen molar-refractivity contribution in [1.29, 1.82) is 0 Å². The lowest BCUT2D eigenvalue weighted by molar-refractivity contribution is 0.102. The van der Waals surface area contributed by atoms with E-state index < -0.39 is 0 Å². The van der Waals surface area contributed by atoms with Gasteiger partial charge in [-0.2, -0.15) is 0 Å². The number of amides is 1. The third kappa shape index (κ3) is 3.28. The number of phenols is 1. The Bertz CT molecular complexity index is 643. The van der Waals surface area contributed by atoms with Crippen molar-refractivity contribution in [2.24, 2.45) is 0 Å². The fourth-order valence-electron chi connectivity index (χ4n) is 1.57. The lowest BCUT2D eigenvalue weighted by Gasteiger charge is -2.07. The lowest BCUT2D eigenvalue weighted by Crippen LogP contribution is -2.11. The van der Waals surface area contributed by atoms with Crippen molar-refractivity contribution < 1.29 is 9.90 Å². The number of anilines is 1. The molecule has 0 unspecified atom stereocenters. The van der Waals surface area contributed by atoms with Gasteiger partial charge in [0.1, 0.15) is 5.75 Å². The average Bonchev–Trinajstić information content (AvgIpc) is 2.37. The van der Waals surface area contributed by atoms with Gasteiger partial charge in [0.15, 0.2) is 0 Å². The number of phenolic OH excluding ortho intramolecular Hbond substituents is 1. The number of aromatic hydroxyl groups is 1. The molecule has 0 aliphatic carbocycles. The normalized spacial score (nSPS) is 10.3. The van der Waals surface area contributed by atoms with Crippen molar-refractivity contribution in [3.63, 3.8) is 0 Å². The molecule has 0 spiro atoms. The molecule has 2 aromatic rings. The minimum absolute atomic E-state index is 0.199. The van der Waals surface area contributed by atoms with Crippen LogP contribution < -0.4 is 5.32 Å². The summed E-state index contributed by atoms with van der Waals surface area (Å²) in [4.78, 5) is 12.0. The fourth-order valence-corrected chi connectivity index (χ4v) is 2.00. The highest BCUT2D eigenvalue weighted by molar-refractivity contribution is 9.10. The van der Waals surface area contributed by atoms with Crippen LogP contribution in [0.15, 0.2) is 40.9 Å². The van der Waals surface area contributed by atoms with Crippen LogP contribution in [0.1, 0.15) is 15.9 Å². The zero-order chi connectivity index (χ0) is 14.0. The Hall–Kier alpha value is -1.52. The molecule has 2 N–H and O–H groups in total. The predicted octanol–water partition coefficient (Wildman–Crippen LogP) is 4.37. The monoisotopic (exact) mass is 339 g/mol. The number of rotatable bonds is 2. The topological polar surface area (TPSA) is 49.3 Å². The van der Waals surface area contributed by atoms with Crippen molar-refractivity contribution in [2.45, 2.75) is 6.92 Å². The van der Waals surface area contributed by atoms with Gasteiger partial charge in [-0.25, -0.2) is 0 Å². The number of benzene rings is 2. The van der Waals surface area contributed by atoms with E-state index in [-0.39, 0.29) is 11.7 Å². The number of halogens is 2. The first-order valence-electron chi connectivity index (χ1n) is 5.53. The Kier molecular flexibility index (Phi) is 4.12. The van der Waals surface area contributed by atoms with E-state index in [4.69, 9.17) is 11.6 Å². The third-order valence-electron chi connectivity index (χ3n) is 2.64. The average molecular weight is 341 g/mol. The molecule has 0 heterocycles. The van der Waals surface area contributed by atoms with Crippen LogP contribution in [0.25, 0.3) is 0 Å². The molecular weight excluding hydrogens is 330 g/mol. The van der Waals surface area contributed by atoms with Crippen LogP contribution in [-0.2, 0) is 0 Å². The van der Waals surface area contributed by atoms with E-state index in [0.717, 1.165) is 4.47 Å². The highest BCUT2D eigenvalue weighted by Gasteiger charge is 2.09. The molecule has 19 heavy (non-hydrogen) atoms. The van der Waals surface area contributed by atoms with Gasteiger partial charge in [-0.3, -0.25) is 4.79 Å². The zero-order valence-electron chi connectivity index (χ0n) is 10.1. The third-order valence-corrected chi connectivity index (χ3v) is 3.87. The zero-order valence-corrected chi connectivity index (χ0v) is 12.4. The predicted molar refractivity (Wildman–Crippen MR) is 79.9 cm³/mol. The largest absolute Gasteiger partial charge is 0.508 e. The fraction of sp³-hybridized carbons (Fsp3) is 0.0714. The number of carbonyl (C=O) groups excluding carboxylic acids is 1. The molecule has 0 bridgehead atoms. The van der Waals surface area contributed by atoms with Crippen molar-refractivity contribution in [3.05, 3.63) is 57.0 Å². The summed E-state index contributed by atoms with van der Waals surface area (Å²) in [7, 11) is 0. The molecule has 0 aliphatic rings. The summed E-state index contributed by atoms with van der Waals surface area (Å²) in [5.41, 5.74) is 1.80. The van der Waals surface area contributed by atoms with Gasteiger partial charge in [0.2, 0.25) is 0 Å². The van der Waals surface area contributed by atoms with Crippen molar-refractivity contribution in [2.75, 3.05) is 5.32 Å². The molecular formula is C14H11BrClNO2. The van der Waals surface area contributed by atoms with Crippen molar-refractivity contribution >= 4 is 39.1 Å². The molecule has 0 atom stereocenters. The van der Waals surface area contributed by atoms with Crippen LogP contribution in [0, 0.1) is 6.92 Å². The van der Waals surface area contributed by atoms with Crippen molar-refractivity contribution in [1.82, 2.24) is 0 Å². The van der Waals surface area contributed by atoms with Gasteiger partial charge in [-0.1, -0.05) is 11.6 Å². The summed E-state index contributed by atoms with van der Waals surface area (Å²) in [5, 5.41) is 12.7. The van der Waals surface area contributed by atoms with Crippen molar-refractivity contribution in [3.8, 4) is 5.75 Å². The second kappa shape index (κ2) is 5.63. The molecule has 0 radical (unpaired) electrons. The molecule has 0 saturated carbocycles. The van der Waals surface area contributed by atoms with Gasteiger partial charge >= 0.3 is 0 Å². The number of nitrogens with one attached hydrogen (secondary N) is 1. The summed E-state index contributed by atoms with van der Waals surface area (Å²) in [6, 6.07) is 9.88. The van der Waals surface area contributed by atoms with Gasteiger partial charge < -0.3 is 10.4 Å². The van der Waals surface area contributed by atoms with Gasteiger partial charge in [-0.15, -0.1) is 0 Å². The van der Waals surface area contributed by atoms with Crippen LogP contribution in [0.3, 0.4) is 0 Å². The van der Waals surface area contributed by atoms with Gasteiger partial charge in [-0.05, 0) is 64.8 Å². The van der Waals surface area contributed by atoms with Crippen LogP contribution in [-0.4, -0.2) is 11.0 Å². The molecule has 2 aromatic carbocycles. The molecule has 0 aliphatic heterocycles. The standard InChI is InChI=1S/C14H11BrClNO2/c1-8-6-10(3-5-13(8)18)17-14(19)9-2-4-11(15)12(16)7-9/h2-7,18H,1H3,(H,17,19). The molecule has 0 fully saturated rings. The molecule has 3 nitrogen and oxygen atoms in total. The van der Waals surface area contributed by atoms with Gasteiger partial charge in [0, 0.05) is 15.7 Å². The summed E-state index contributed by atoms with van der Waals surface area (Å²) in [5.74, 6) is -0.0517. The molecule has 5 heteroatoms. The summed E-state index contributed by atoms with van der Waals surface area (Å²) in [6.07, 6.45) is 0. The van der Waals surface area contributed by atoms with E-state index in [1.54, 1.807) is 43.3 Å². The van der Waals surface area contributed by atoms with Gasteiger partial charge in [0.05, 0.1) is 5.02 Å². The van der Waals surface area contributed by atoms with E-state index in [1.807, 2.05) is 0 Å². The quantitative estimate of drug-likeness (QED) is 0.798. The lowest BCUT2D eigenvalue weighted by atomic mass is 10.1. The van der Waals surface area contributed by atoms with E-state index in [1.165, 1.54) is 0 Å². The number of carbonyl (C=O) groups is 1. The van der Waals surface area contributed by atoms with Gasteiger partial charge in [0.25, 0.3) is 5.91 Å². The van der Waals surface area contributed by atoms with E-state index in [2.05, 4.69) is 21.2 Å². The maximum Gasteiger partial charge on any atom is 0.255 e. The first-order chi connectivity index (χ1) is 8.97. The number of hydrogen-bond acceptors (Lipinski definition) is 2. The summed E-state index contributed by atoms with van der Waals surface area (Å²) >= 11 is 9.22. The second-order valence-electron chi connectivity index (χ2n) is 4.08. The van der Waals surface area contributed by atoms with Crippen LogP contribution in [0.5, 0.6) is 5.75 Å². The highest BCUT2D eigenvalue weighted by atomic mass is 79.9. The van der Waals surface area contributed by atoms with Crippen LogP contribution in [0.2, 0.25) is 5.02 Å². The minimum atomic E-state index is -0.250. The van der Waals surface area contributed by atoms with Crippen LogP contribution in [0.4, 0.5) is 5.69 Å². The Morgan fingerprint density at radius 2 is 2.00 bits per heavy atom. The molecule has 98 valence electrons. The van der Waals surface area contributed by atoms with E-state index in [0.29, 0.717) is 21.8 Å². The summed E-state index contributed by atoms with van der Waals surface area (Å²) in [6.45, 7) is 1.77. The van der Waals surface area contributed by atoms with E-state index in [9.17, 15) is 9.90 Å². The molecule has 0 saturated heterocycles. The molecule has 0 aromatic heterocycles. The first-order valence-corrected chi connectivity index (χ1v) is 6.70. The number of aryl methyl sites for hydroxylation is 1. The minimum Gasteiger partial charge on any atom is -0.508 e. The number of hydrogen-bond donors (Lipinski definition) is 2. The maximum atomic E-state index is 12.0. The molecule has 2 rings (SSSR count). The Morgan fingerprint density at radius 1 is 1.26 bits per heavy atom. The SMILES string of the molecule is Cc1cc(NC(=O)c2ccc(Br)c(Cl)c2)ccc1O. The maximum absolute atomic E-state index is 12.0. The highest BCUT2D eigenvalue weighted by Crippen LogP contribution is 2.24. The Balaban J connectivity index is 2.20. The first kappa shape index (κ1) is 13.9. The van der Waals surface area contributed by atoms with E-state index >= 15 is 0 Å².